The standard InChI is InChI=1S/C15H21ClN2O/c1-15(2,11-4-3-5-12(16)8-11)14(19)18-13(9-17)10-6-7-10/h3-5,8,10,13H,6-7,9,17H2,1-2H3,(H,18,19). The molecule has 1 unspecified atom stereocenters. The fourth-order valence-corrected chi connectivity index (χ4v) is 2.42. The Balaban J connectivity index is 2.11. The monoisotopic (exact) mass is 280 g/mol. The van der Waals surface area contributed by atoms with E-state index in [-0.39, 0.29) is 11.9 Å². The van der Waals surface area contributed by atoms with Gasteiger partial charge in [-0.3, -0.25) is 4.79 Å². The molecular formula is C15H21ClN2O. The molecule has 1 atom stereocenters. The van der Waals surface area contributed by atoms with Crippen LogP contribution in [0, 0.1) is 5.92 Å². The first kappa shape index (κ1) is 14.4. The van der Waals surface area contributed by atoms with Gasteiger partial charge in [-0.15, -0.1) is 0 Å². The van der Waals surface area contributed by atoms with Gasteiger partial charge >= 0.3 is 0 Å². The second-order valence-corrected chi connectivity index (χ2v) is 6.22. The summed E-state index contributed by atoms with van der Waals surface area (Å²) in [4.78, 5) is 12.5. The van der Waals surface area contributed by atoms with Gasteiger partial charge in [-0.1, -0.05) is 23.7 Å². The first-order chi connectivity index (χ1) is 8.95. The van der Waals surface area contributed by atoms with Crippen molar-refractivity contribution in [3.8, 4) is 0 Å². The van der Waals surface area contributed by atoms with E-state index in [1.165, 1.54) is 12.8 Å². The summed E-state index contributed by atoms with van der Waals surface area (Å²) in [5.41, 5.74) is 6.05. The smallest absolute Gasteiger partial charge is 0.230 e. The Morgan fingerprint density at radius 3 is 2.74 bits per heavy atom. The van der Waals surface area contributed by atoms with Crippen molar-refractivity contribution < 1.29 is 4.79 Å². The van der Waals surface area contributed by atoms with E-state index in [9.17, 15) is 4.79 Å². The zero-order chi connectivity index (χ0) is 14.0. The minimum absolute atomic E-state index is 0.0112. The topological polar surface area (TPSA) is 55.1 Å². The van der Waals surface area contributed by atoms with Crippen molar-refractivity contribution in [2.75, 3.05) is 6.54 Å². The largest absolute Gasteiger partial charge is 0.351 e. The molecule has 0 aromatic heterocycles. The summed E-state index contributed by atoms with van der Waals surface area (Å²) in [7, 11) is 0. The number of hydrogen-bond acceptors (Lipinski definition) is 2. The van der Waals surface area contributed by atoms with Crippen molar-refractivity contribution in [2.24, 2.45) is 11.7 Å². The second kappa shape index (κ2) is 5.51. The summed E-state index contributed by atoms with van der Waals surface area (Å²) in [5.74, 6) is 0.571. The van der Waals surface area contributed by atoms with Crippen LogP contribution in [-0.2, 0) is 10.2 Å². The third-order valence-electron chi connectivity index (χ3n) is 3.88. The molecule has 19 heavy (non-hydrogen) atoms. The summed E-state index contributed by atoms with van der Waals surface area (Å²) >= 11 is 6.00. The van der Waals surface area contributed by atoms with Gasteiger partial charge in [0.05, 0.1) is 5.41 Å². The number of carbonyl (C=O) groups is 1. The van der Waals surface area contributed by atoms with Crippen LogP contribution in [0.5, 0.6) is 0 Å². The lowest BCUT2D eigenvalue weighted by molar-refractivity contribution is -0.126. The Morgan fingerprint density at radius 2 is 2.21 bits per heavy atom. The molecule has 3 nitrogen and oxygen atoms in total. The van der Waals surface area contributed by atoms with Crippen LogP contribution in [0.15, 0.2) is 24.3 Å². The number of nitrogens with two attached hydrogens (primary N) is 1. The Bertz CT molecular complexity index is 469. The zero-order valence-corrected chi connectivity index (χ0v) is 12.2. The first-order valence-electron chi connectivity index (χ1n) is 6.72. The molecule has 0 bridgehead atoms. The van der Waals surface area contributed by atoms with E-state index in [0.29, 0.717) is 17.5 Å². The number of amides is 1. The fourth-order valence-electron chi connectivity index (χ4n) is 2.22. The van der Waals surface area contributed by atoms with E-state index in [1.807, 2.05) is 38.1 Å². The van der Waals surface area contributed by atoms with Gasteiger partial charge in [0.2, 0.25) is 5.91 Å². The molecule has 0 spiro atoms. The summed E-state index contributed by atoms with van der Waals surface area (Å²) in [5, 5.41) is 3.73. The molecular weight excluding hydrogens is 260 g/mol. The highest BCUT2D eigenvalue weighted by Gasteiger charge is 2.36. The van der Waals surface area contributed by atoms with Gasteiger partial charge in [0.25, 0.3) is 0 Å². The van der Waals surface area contributed by atoms with Crippen molar-refractivity contribution in [2.45, 2.75) is 38.1 Å². The minimum atomic E-state index is -0.604. The van der Waals surface area contributed by atoms with Crippen molar-refractivity contribution in [3.05, 3.63) is 34.9 Å². The molecule has 1 amide bonds. The maximum atomic E-state index is 12.5. The lowest BCUT2D eigenvalue weighted by Crippen LogP contribution is -2.48. The second-order valence-electron chi connectivity index (χ2n) is 5.79. The Labute approximate surface area is 119 Å². The number of halogens is 1. The SMILES string of the molecule is CC(C)(C(=O)NC(CN)C1CC1)c1cccc(Cl)c1. The van der Waals surface area contributed by atoms with Crippen molar-refractivity contribution >= 4 is 17.5 Å². The average Bonchev–Trinajstić information content (AvgIpc) is 3.19. The number of carbonyl (C=O) groups excluding carboxylic acids is 1. The molecule has 0 aliphatic heterocycles. The molecule has 1 saturated carbocycles. The summed E-state index contributed by atoms with van der Waals surface area (Å²) < 4.78 is 0. The van der Waals surface area contributed by atoms with Gasteiger partial charge in [-0.2, -0.15) is 0 Å². The molecule has 1 aromatic rings. The molecule has 1 aliphatic rings. The van der Waals surface area contributed by atoms with Gasteiger partial charge < -0.3 is 11.1 Å². The molecule has 4 heteroatoms. The summed E-state index contributed by atoms with van der Waals surface area (Å²) in [6, 6.07) is 7.56. The first-order valence-corrected chi connectivity index (χ1v) is 7.10. The lowest BCUT2D eigenvalue weighted by Gasteiger charge is -2.27. The number of benzene rings is 1. The highest BCUT2D eigenvalue weighted by atomic mass is 35.5. The Hall–Kier alpha value is -1.06. The maximum Gasteiger partial charge on any atom is 0.230 e. The minimum Gasteiger partial charge on any atom is -0.351 e. The highest BCUT2D eigenvalue weighted by Crippen LogP contribution is 2.33. The van der Waals surface area contributed by atoms with Crippen LogP contribution in [0.25, 0.3) is 0 Å². The molecule has 0 saturated heterocycles. The normalized spacial score (nSPS) is 17.1. The molecule has 1 aliphatic carbocycles. The molecule has 3 N–H and O–H groups in total. The van der Waals surface area contributed by atoms with Gasteiger partial charge in [-0.05, 0) is 50.3 Å². The van der Waals surface area contributed by atoms with Gasteiger partial charge in [-0.25, -0.2) is 0 Å². The van der Waals surface area contributed by atoms with Gasteiger partial charge in [0, 0.05) is 17.6 Å². The van der Waals surface area contributed by atoms with Crippen molar-refractivity contribution in [1.82, 2.24) is 5.32 Å². The summed E-state index contributed by atoms with van der Waals surface area (Å²) in [6.45, 7) is 4.32. The van der Waals surface area contributed by atoms with Crippen molar-refractivity contribution in [3.63, 3.8) is 0 Å². The number of nitrogens with one attached hydrogen (secondary N) is 1. The maximum absolute atomic E-state index is 12.5. The molecule has 0 heterocycles. The predicted molar refractivity (Wildman–Crippen MR) is 78.2 cm³/mol. The lowest BCUT2D eigenvalue weighted by atomic mass is 9.83. The third kappa shape index (κ3) is 3.28. The van der Waals surface area contributed by atoms with E-state index >= 15 is 0 Å². The Kier molecular flexibility index (Phi) is 4.16. The molecule has 0 radical (unpaired) electrons. The number of rotatable bonds is 5. The quantitative estimate of drug-likeness (QED) is 0.871. The fraction of sp³-hybridized carbons (Fsp3) is 0.533. The predicted octanol–water partition coefficient (Wildman–Crippen LogP) is 2.47. The molecule has 1 aromatic carbocycles. The molecule has 104 valence electrons. The summed E-state index contributed by atoms with van der Waals surface area (Å²) in [6.07, 6.45) is 2.33. The van der Waals surface area contributed by atoms with E-state index in [0.717, 1.165) is 5.56 Å². The van der Waals surface area contributed by atoms with E-state index in [4.69, 9.17) is 17.3 Å². The van der Waals surface area contributed by atoms with E-state index in [1.54, 1.807) is 0 Å². The van der Waals surface area contributed by atoms with E-state index < -0.39 is 5.41 Å². The van der Waals surface area contributed by atoms with Crippen LogP contribution in [0.2, 0.25) is 5.02 Å². The van der Waals surface area contributed by atoms with Crippen LogP contribution in [0.3, 0.4) is 0 Å². The zero-order valence-electron chi connectivity index (χ0n) is 11.4. The number of hydrogen-bond donors (Lipinski definition) is 2. The van der Waals surface area contributed by atoms with Crippen LogP contribution in [-0.4, -0.2) is 18.5 Å². The third-order valence-corrected chi connectivity index (χ3v) is 4.11. The van der Waals surface area contributed by atoms with Gasteiger partial charge in [0.1, 0.15) is 0 Å². The van der Waals surface area contributed by atoms with Crippen LogP contribution >= 0.6 is 11.6 Å². The van der Waals surface area contributed by atoms with E-state index in [2.05, 4.69) is 5.32 Å². The molecule has 1 fully saturated rings. The van der Waals surface area contributed by atoms with Gasteiger partial charge in [0.15, 0.2) is 0 Å². The van der Waals surface area contributed by atoms with Crippen molar-refractivity contribution in [1.29, 1.82) is 0 Å². The highest BCUT2D eigenvalue weighted by molar-refractivity contribution is 6.30. The van der Waals surface area contributed by atoms with Crippen LogP contribution in [0.1, 0.15) is 32.3 Å². The van der Waals surface area contributed by atoms with Crippen LogP contribution < -0.4 is 11.1 Å². The van der Waals surface area contributed by atoms with Crippen LogP contribution in [0.4, 0.5) is 0 Å². The molecule has 2 rings (SSSR count). The Morgan fingerprint density at radius 1 is 1.53 bits per heavy atom. The average molecular weight is 281 g/mol.